The van der Waals surface area contributed by atoms with E-state index >= 15 is 0 Å². The first-order chi connectivity index (χ1) is 6.50. The van der Waals surface area contributed by atoms with Gasteiger partial charge in [0.1, 0.15) is 11.9 Å². The predicted molar refractivity (Wildman–Crippen MR) is 57.4 cm³/mol. The molecule has 0 amide bonds. The Labute approximate surface area is 92.5 Å². The third kappa shape index (κ3) is 3.73. The van der Waals surface area contributed by atoms with Crippen LogP contribution in [0.2, 0.25) is 0 Å². The summed E-state index contributed by atoms with van der Waals surface area (Å²) in [6, 6.07) is 2.79. The Hall–Kier alpha value is -1.33. The molecule has 1 atom stereocenters. The van der Waals surface area contributed by atoms with Gasteiger partial charge < -0.3 is 16.6 Å². The number of hydrogen-bond donors (Lipinski definition) is 3. The summed E-state index contributed by atoms with van der Waals surface area (Å²) in [5.74, 6) is -1.55. The largest absolute Gasteiger partial charge is 0.480 e. The minimum absolute atomic E-state index is 0. The molecule has 0 fully saturated rings. The maximum atomic E-state index is 12.6. The fraction of sp³-hybridized carbons (Fsp3) is 0.222. The zero-order valence-electron chi connectivity index (χ0n) is 7.81. The SMILES string of the molecule is Cl.Nc1cc(F)ccc1C[C@H](N)C(=O)O. The van der Waals surface area contributed by atoms with Gasteiger partial charge in [0.05, 0.1) is 0 Å². The van der Waals surface area contributed by atoms with Crippen LogP contribution < -0.4 is 11.5 Å². The number of hydrogen-bond acceptors (Lipinski definition) is 3. The topological polar surface area (TPSA) is 89.3 Å². The Balaban J connectivity index is 0.00000196. The number of halogens is 2. The summed E-state index contributed by atoms with van der Waals surface area (Å²) < 4.78 is 12.6. The zero-order chi connectivity index (χ0) is 10.7. The second-order valence-corrected chi connectivity index (χ2v) is 2.99. The van der Waals surface area contributed by atoms with Crippen molar-refractivity contribution in [3.63, 3.8) is 0 Å². The smallest absolute Gasteiger partial charge is 0.320 e. The zero-order valence-corrected chi connectivity index (χ0v) is 8.63. The molecule has 0 bridgehead atoms. The van der Waals surface area contributed by atoms with E-state index in [0.717, 1.165) is 6.07 Å². The third-order valence-electron chi connectivity index (χ3n) is 1.86. The summed E-state index contributed by atoms with van der Waals surface area (Å²) in [5.41, 5.74) is 11.6. The van der Waals surface area contributed by atoms with Crippen molar-refractivity contribution in [3.8, 4) is 0 Å². The Morgan fingerprint density at radius 1 is 1.53 bits per heavy atom. The normalized spacial score (nSPS) is 11.6. The molecule has 0 aliphatic carbocycles. The summed E-state index contributed by atoms with van der Waals surface area (Å²) >= 11 is 0. The summed E-state index contributed by atoms with van der Waals surface area (Å²) in [6.07, 6.45) is 0.0987. The molecule has 0 aliphatic rings. The summed E-state index contributed by atoms with van der Waals surface area (Å²) in [7, 11) is 0. The maximum absolute atomic E-state index is 12.6. The highest BCUT2D eigenvalue weighted by Gasteiger charge is 2.13. The molecule has 5 N–H and O–H groups in total. The second-order valence-electron chi connectivity index (χ2n) is 2.99. The fourth-order valence-corrected chi connectivity index (χ4v) is 1.08. The van der Waals surface area contributed by atoms with Gasteiger partial charge in [-0.25, -0.2) is 4.39 Å². The average molecular weight is 235 g/mol. The van der Waals surface area contributed by atoms with Crippen LogP contribution in [0.25, 0.3) is 0 Å². The number of nitrogens with two attached hydrogens (primary N) is 2. The monoisotopic (exact) mass is 234 g/mol. The molecule has 0 saturated carbocycles. The number of carboxylic acid groups (broad SMARTS) is 1. The Bertz CT molecular complexity index is 360. The second kappa shape index (κ2) is 5.53. The molecule has 0 saturated heterocycles. The molecular weight excluding hydrogens is 223 g/mol. The standard InChI is InChI=1S/C9H11FN2O2.ClH/c10-6-2-1-5(7(11)4-6)3-8(12)9(13)14;/h1-2,4,8H,3,11-12H2,(H,13,14);1H/t8-;/m0./s1. The Morgan fingerprint density at radius 3 is 2.60 bits per heavy atom. The van der Waals surface area contributed by atoms with Gasteiger partial charge in [0.25, 0.3) is 0 Å². The van der Waals surface area contributed by atoms with Crippen molar-refractivity contribution in [2.45, 2.75) is 12.5 Å². The van der Waals surface area contributed by atoms with Crippen molar-refractivity contribution in [3.05, 3.63) is 29.6 Å². The van der Waals surface area contributed by atoms with Gasteiger partial charge in [-0.2, -0.15) is 0 Å². The minimum atomic E-state index is -1.10. The highest BCUT2D eigenvalue weighted by Crippen LogP contribution is 2.14. The molecule has 0 heterocycles. The van der Waals surface area contributed by atoms with Crippen LogP contribution in [0.3, 0.4) is 0 Å². The van der Waals surface area contributed by atoms with Crippen LogP contribution in [0.4, 0.5) is 10.1 Å². The number of benzene rings is 1. The molecule has 1 rings (SSSR count). The lowest BCUT2D eigenvalue weighted by molar-refractivity contribution is -0.138. The summed E-state index contributed by atoms with van der Waals surface area (Å²) in [4.78, 5) is 10.4. The molecule has 4 nitrogen and oxygen atoms in total. The lowest BCUT2D eigenvalue weighted by Crippen LogP contribution is -2.32. The Kier molecular flexibility index (Phi) is 5.04. The fourth-order valence-electron chi connectivity index (χ4n) is 1.08. The van der Waals surface area contributed by atoms with Crippen LogP contribution in [0.5, 0.6) is 0 Å². The molecule has 1 aromatic rings. The first-order valence-electron chi connectivity index (χ1n) is 4.03. The van der Waals surface area contributed by atoms with E-state index in [1.807, 2.05) is 0 Å². The van der Waals surface area contributed by atoms with Crippen LogP contribution in [-0.2, 0) is 11.2 Å². The quantitative estimate of drug-likeness (QED) is 0.675. The summed E-state index contributed by atoms with van der Waals surface area (Å²) in [5, 5.41) is 8.55. The summed E-state index contributed by atoms with van der Waals surface area (Å²) in [6.45, 7) is 0. The van der Waals surface area contributed by atoms with Gasteiger partial charge in [-0.1, -0.05) is 6.07 Å². The molecule has 0 aliphatic heterocycles. The van der Waals surface area contributed by atoms with Crippen molar-refractivity contribution < 1.29 is 14.3 Å². The number of carbonyl (C=O) groups is 1. The number of nitrogen functional groups attached to an aromatic ring is 1. The first-order valence-corrected chi connectivity index (χ1v) is 4.03. The van der Waals surface area contributed by atoms with Crippen LogP contribution >= 0.6 is 12.4 Å². The van der Waals surface area contributed by atoms with Crippen molar-refractivity contribution in [1.82, 2.24) is 0 Å². The van der Waals surface area contributed by atoms with E-state index in [4.69, 9.17) is 16.6 Å². The van der Waals surface area contributed by atoms with E-state index in [2.05, 4.69) is 0 Å². The number of rotatable bonds is 3. The molecule has 0 radical (unpaired) electrons. The number of aliphatic carboxylic acids is 1. The molecule has 15 heavy (non-hydrogen) atoms. The van der Waals surface area contributed by atoms with Crippen molar-refractivity contribution in [1.29, 1.82) is 0 Å². The lowest BCUT2D eigenvalue weighted by Gasteiger charge is -2.08. The number of carboxylic acids is 1. The molecule has 0 spiro atoms. The van der Waals surface area contributed by atoms with Gasteiger partial charge >= 0.3 is 5.97 Å². The van der Waals surface area contributed by atoms with Crippen LogP contribution in [-0.4, -0.2) is 17.1 Å². The molecule has 84 valence electrons. The Morgan fingerprint density at radius 2 is 2.13 bits per heavy atom. The molecule has 1 aromatic carbocycles. The number of anilines is 1. The van der Waals surface area contributed by atoms with Crippen molar-refractivity contribution in [2.24, 2.45) is 5.73 Å². The van der Waals surface area contributed by atoms with E-state index < -0.39 is 17.8 Å². The molecule has 6 heteroatoms. The van der Waals surface area contributed by atoms with Crippen LogP contribution in [0.15, 0.2) is 18.2 Å². The van der Waals surface area contributed by atoms with Crippen LogP contribution in [0, 0.1) is 5.82 Å². The van der Waals surface area contributed by atoms with Gasteiger partial charge in [-0.05, 0) is 17.7 Å². The minimum Gasteiger partial charge on any atom is -0.480 e. The van der Waals surface area contributed by atoms with E-state index in [-0.39, 0.29) is 24.5 Å². The van der Waals surface area contributed by atoms with Crippen molar-refractivity contribution >= 4 is 24.1 Å². The predicted octanol–water partition coefficient (Wildman–Crippen LogP) is 0.784. The van der Waals surface area contributed by atoms with Gasteiger partial charge in [0, 0.05) is 12.1 Å². The van der Waals surface area contributed by atoms with Crippen molar-refractivity contribution in [2.75, 3.05) is 5.73 Å². The van der Waals surface area contributed by atoms with Gasteiger partial charge in [-0.3, -0.25) is 4.79 Å². The molecule has 0 aromatic heterocycles. The average Bonchev–Trinajstić information content (AvgIpc) is 2.09. The van der Waals surface area contributed by atoms with E-state index in [9.17, 15) is 9.18 Å². The highest BCUT2D eigenvalue weighted by atomic mass is 35.5. The van der Waals surface area contributed by atoms with Gasteiger partial charge in [0.15, 0.2) is 0 Å². The van der Waals surface area contributed by atoms with E-state index in [0.29, 0.717) is 5.56 Å². The third-order valence-corrected chi connectivity index (χ3v) is 1.86. The molecular formula is C9H12ClFN2O2. The first kappa shape index (κ1) is 13.7. The van der Waals surface area contributed by atoms with Gasteiger partial charge in [0.2, 0.25) is 0 Å². The van der Waals surface area contributed by atoms with E-state index in [1.165, 1.54) is 12.1 Å². The molecule has 0 unspecified atom stereocenters. The van der Waals surface area contributed by atoms with Gasteiger partial charge in [-0.15, -0.1) is 12.4 Å². The maximum Gasteiger partial charge on any atom is 0.320 e. The van der Waals surface area contributed by atoms with Crippen LogP contribution in [0.1, 0.15) is 5.56 Å². The highest BCUT2D eigenvalue weighted by molar-refractivity contribution is 5.85. The lowest BCUT2D eigenvalue weighted by atomic mass is 10.0. The van der Waals surface area contributed by atoms with E-state index in [1.54, 1.807) is 0 Å².